The molecule has 24 heavy (non-hydrogen) atoms. The number of carbonyl (C=O) groups excluding carboxylic acids is 1. The lowest BCUT2D eigenvalue weighted by molar-refractivity contribution is -0.120. The Morgan fingerprint density at radius 3 is 2.38 bits per heavy atom. The Morgan fingerprint density at radius 2 is 1.79 bits per heavy atom. The predicted molar refractivity (Wildman–Crippen MR) is 110 cm³/mol. The van der Waals surface area contributed by atoms with E-state index in [2.05, 4.69) is 34.4 Å². The van der Waals surface area contributed by atoms with E-state index in [1.165, 1.54) is 6.42 Å². The molecule has 2 N–H and O–H groups in total. The van der Waals surface area contributed by atoms with Crippen molar-refractivity contribution in [1.82, 2.24) is 15.5 Å². The minimum Gasteiger partial charge on any atom is -0.350 e. The number of amides is 1. The third-order valence-electron chi connectivity index (χ3n) is 4.12. The van der Waals surface area contributed by atoms with Gasteiger partial charge in [-0.2, -0.15) is 0 Å². The molecule has 1 amide bonds. The van der Waals surface area contributed by atoms with Gasteiger partial charge in [0.1, 0.15) is 0 Å². The molecule has 0 spiro atoms. The van der Waals surface area contributed by atoms with Crippen molar-refractivity contribution >= 4 is 35.8 Å². The summed E-state index contributed by atoms with van der Waals surface area (Å²) in [7, 11) is 1.77. The van der Waals surface area contributed by atoms with Crippen LogP contribution in [-0.2, 0) is 11.3 Å². The van der Waals surface area contributed by atoms with Gasteiger partial charge in [-0.25, -0.2) is 0 Å². The number of hydrogen-bond acceptors (Lipinski definition) is 2. The van der Waals surface area contributed by atoms with Gasteiger partial charge in [0.25, 0.3) is 0 Å². The number of nitrogens with zero attached hydrogens (tertiary/aromatic N) is 2. The van der Waals surface area contributed by atoms with E-state index in [0.717, 1.165) is 24.6 Å². The average Bonchev–Trinajstić information content (AvgIpc) is 2.53. The molecule has 1 aromatic rings. The number of piperidine rings is 1. The highest BCUT2D eigenvalue weighted by Crippen LogP contribution is 2.20. The fourth-order valence-electron chi connectivity index (χ4n) is 3.19. The Bertz CT molecular complexity index is 525. The Hall–Kier alpha value is -1.31. The lowest BCUT2D eigenvalue weighted by Gasteiger charge is -2.37. The van der Waals surface area contributed by atoms with Gasteiger partial charge in [0, 0.05) is 26.7 Å². The summed E-state index contributed by atoms with van der Waals surface area (Å²) in [5.41, 5.74) is 1.10. The van der Waals surface area contributed by atoms with Crippen molar-refractivity contribution in [1.29, 1.82) is 0 Å². The summed E-state index contributed by atoms with van der Waals surface area (Å²) in [5, 5.41) is 6.10. The zero-order valence-corrected chi connectivity index (χ0v) is 17.1. The van der Waals surface area contributed by atoms with Gasteiger partial charge >= 0.3 is 0 Å². The highest BCUT2D eigenvalue weighted by molar-refractivity contribution is 14.0. The van der Waals surface area contributed by atoms with Crippen LogP contribution in [0.1, 0.15) is 25.8 Å². The molecule has 2 rings (SSSR count). The average molecular weight is 444 g/mol. The third-order valence-corrected chi connectivity index (χ3v) is 4.12. The molecule has 1 aromatic carbocycles. The normalized spacial score (nSPS) is 21.0. The van der Waals surface area contributed by atoms with Crippen molar-refractivity contribution in [3.05, 3.63) is 35.9 Å². The maximum Gasteiger partial charge on any atom is 0.239 e. The fraction of sp³-hybridized carbons (Fsp3) is 0.556. The van der Waals surface area contributed by atoms with E-state index in [-0.39, 0.29) is 36.4 Å². The largest absolute Gasteiger partial charge is 0.350 e. The van der Waals surface area contributed by atoms with Crippen LogP contribution in [0, 0.1) is 11.8 Å². The van der Waals surface area contributed by atoms with Crippen molar-refractivity contribution in [3.8, 4) is 0 Å². The summed E-state index contributed by atoms with van der Waals surface area (Å²) in [6.45, 7) is 7.33. The SMILES string of the molecule is CN=C(NCC(=O)NCc1ccccc1)N1CC(C)CC(C)C1.I. The molecule has 1 saturated heterocycles. The maximum absolute atomic E-state index is 12.0. The summed E-state index contributed by atoms with van der Waals surface area (Å²) >= 11 is 0. The molecule has 0 radical (unpaired) electrons. The number of benzene rings is 1. The molecular formula is C18H29IN4O. The van der Waals surface area contributed by atoms with Crippen molar-refractivity contribution < 1.29 is 4.79 Å². The van der Waals surface area contributed by atoms with Crippen LogP contribution in [-0.4, -0.2) is 43.4 Å². The van der Waals surface area contributed by atoms with Gasteiger partial charge in [-0.05, 0) is 23.8 Å². The molecule has 0 bridgehead atoms. The second-order valence-electron chi connectivity index (χ2n) is 6.51. The smallest absolute Gasteiger partial charge is 0.239 e. The number of carbonyl (C=O) groups is 1. The van der Waals surface area contributed by atoms with Gasteiger partial charge < -0.3 is 15.5 Å². The van der Waals surface area contributed by atoms with Gasteiger partial charge in [0.15, 0.2) is 5.96 Å². The molecule has 0 saturated carbocycles. The third kappa shape index (κ3) is 6.67. The second kappa shape index (κ2) is 10.5. The van der Waals surface area contributed by atoms with E-state index in [4.69, 9.17) is 0 Å². The molecule has 0 aliphatic carbocycles. The molecule has 1 aliphatic rings. The molecule has 6 heteroatoms. The van der Waals surface area contributed by atoms with E-state index in [0.29, 0.717) is 18.4 Å². The molecule has 1 heterocycles. The molecule has 5 nitrogen and oxygen atoms in total. The molecule has 1 fully saturated rings. The van der Waals surface area contributed by atoms with E-state index in [1.807, 2.05) is 30.3 Å². The quantitative estimate of drug-likeness (QED) is 0.426. The van der Waals surface area contributed by atoms with Crippen molar-refractivity contribution in [2.24, 2.45) is 16.8 Å². The van der Waals surface area contributed by atoms with Gasteiger partial charge in [0.2, 0.25) is 5.91 Å². The number of guanidine groups is 1. The minimum absolute atomic E-state index is 0. The maximum atomic E-state index is 12.0. The number of aliphatic imine (C=N–C) groups is 1. The van der Waals surface area contributed by atoms with Crippen molar-refractivity contribution in [3.63, 3.8) is 0 Å². The summed E-state index contributed by atoms with van der Waals surface area (Å²) < 4.78 is 0. The van der Waals surface area contributed by atoms with E-state index in [9.17, 15) is 4.79 Å². The van der Waals surface area contributed by atoms with Crippen LogP contribution in [0.2, 0.25) is 0 Å². The van der Waals surface area contributed by atoms with E-state index >= 15 is 0 Å². The van der Waals surface area contributed by atoms with Crippen LogP contribution in [0.3, 0.4) is 0 Å². The zero-order chi connectivity index (χ0) is 16.7. The van der Waals surface area contributed by atoms with Gasteiger partial charge in [-0.15, -0.1) is 24.0 Å². The molecule has 134 valence electrons. The van der Waals surface area contributed by atoms with E-state index in [1.54, 1.807) is 7.05 Å². The lowest BCUT2D eigenvalue weighted by atomic mass is 9.92. The number of hydrogen-bond donors (Lipinski definition) is 2. The lowest BCUT2D eigenvalue weighted by Crippen LogP contribution is -2.50. The van der Waals surface area contributed by atoms with Crippen LogP contribution in [0.5, 0.6) is 0 Å². The molecule has 2 atom stereocenters. The molecular weight excluding hydrogens is 415 g/mol. The molecule has 2 unspecified atom stereocenters. The van der Waals surface area contributed by atoms with E-state index < -0.39 is 0 Å². The Labute approximate surface area is 162 Å². The first kappa shape index (κ1) is 20.7. The first-order valence-electron chi connectivity index (χ1n) is 8.34. The van der Waals surface area contributed by atoms with Crippen molar-refractivity contribution in [2.45, 2.75) is 26.8 Å². The fourth-order valence-corrected chi connectivity index (χ4v) is 3.19. The summed E-state index contributed by atoms with van der Waals surface area (Å²) in [6.07, 6.45) is 1.26. The monoisotopic (exact) mass is 444 g/mol. The molecule has 1 aliphatic heterocycles. The van der Waals surface area contributed by atoms with Crippen LogP contribution >= 0.6 is 24.0 Å². The standard InChI is InChI=1S/C18H28N4O.HI/c1-14-9-15(2)13-22(12-14)18(19-3)21-11-17(23)20-10-16-7-5-4-6-8-16;/h4-8,14-15H,9-13H2,1-3H3,(H,19,21)(H,20,23);1H. The predicted octanol–water partition coefficient (Wildman–Crippen LogP) is 2.47. The Balaban J connectivity index is 0.00000288. The Morgan fingerprint density at radius 1 is 1.17 bits per heavy atom. The van der Waals surface area contributed by atoms with Crippen LogP contribution < -0.4 is 10.6 Å². The summed E-state index contributed by atoms with van der Waals surface area (Å²) in [4.78, 5) is 18.6. The topological polar surface area (TPSA) is 56.7 Å². The van der Waals surface area contributed by atoms with Crippen molar-refractivity contribution in [2.75, 3.05) is 26.7 Å². The number of nitrogens with one attached hydrogen (secondary N) is 2. The second-order valence-corrected chi connectivity index (χ2v) is 6.51. The van der Waals surface area contributed by atoms with Gasteiger partial charge in [-0.3, -0.25) is 9.79 Å². The highest BCUT2D eigenvalue weighted by Gasteiger charge is 2.24. The first-order valence-corrected chi connectivity index (χ1v) is 8.34. The number of rotatable bonds is 4. The Kier molecular flexibility index (Phi) is 9.10. The number of likely N-dealkylation sites (tertiary alicyclic amines) is 1. The highest BCUT2D eigenvalue weighted by atomic mass is 127. The number of halogens is 1. The van der Waals surface area contributed by atoms with Gasteiger partial charge in [-0.1, -0.05) is 44.2 Å². The van der Waals surface area contributed by atoms with Crippen LogP contribution in [0.15, 0.2) is 35.3 Å². The van der Waals surface area contributed by atoms with Gasteiger partial charge in [0.05, 0.1) is 6.54 Å². The minimum atomic E-state index is -0.0203. The molecule has 0 aromatic heterocycles. The summed E-state index contributed by atoms with van der Waals surface area (Å²) in [5.74, 6) is 2.11. The zero-order valence-electron chi connectivity index (χ0n) is 14.8. The van der Waals surface area contributed by atoms with Crippen LogP contribution in [0.4, 0.5) is 0 Å². The van der Waals surface area contributed by atoms with Crippen LogP contribution in [0.25, 0.3) is 0 Å². The summed E-state index contributed by atoms with van der Waals surface area (Å²) in [6, 6.07) is 9.92. The first-order chi connectivity index (χ1) is 11.1.